The van der Waals surface area contributed by atoms with Gasteiger partial charge in [-0.25, -0.2) is 4.98 Å². The Bertz CT molecular complexity index is 940. The van der Waals surface area contributed by atoms with Crippen molar-refractivity contribution in [2.45, 2.75) is 23.4 Å². The monoisotopic (exact) mass is 439 g/mol. The number of hydrogen-bond acceptors (Lipinski definition) is 8. The topological polar surface area (TPSA) is 71.0 Å². The van der Waals surface area contributed by atoms with E-state index in [4.69, 9.17) is 11.6 Å². The number of hydrogen-bond donors (Lipinski definition) is 1. The number of halogens is 1. The standard InChI is InChI=1S/C17H18ClN5OS3/c1-10-12(18)5-4-6-13(10)20-16-21-22-17(27-16)26-9-11-8-25-14(19-11)7-15(24)23(2)3/h4-6,8H,7,9H2,1-3H3,(H,20,21). The molecular formula is C17H18ClN5OS3. The summed E-state index contributed by atoms with van der Waals surface area (Å²) in [4.78, 5) is 17.9. The fourth-order valence-corrected chi connectivity index (χ4v) is 4.82. The van der Waals surface area contributed by atoms with E-state index in [-0.39, 0.29) is 5.91 Å². The zero-order valence-corrected chi connectivity index (χ0v) is 18.2. The first-order valence-corrected chi connectivity index (χ1v) is 11.1. The molecule has 0 atom stereocenters. The van der Waals surface area contributed by atoms with Gasteiger partial charge in [-0.3, -0.25) is 4.79 Å². The Morgan fingerprint density at radius 3 is 2.93 bits per heavy atom. The van der Waals surface area contributed by atoms with Gasteiger partial charge in [-0.15, -0.1) is 21.5 Å². The molecule has 10 heteroatoms. The lowest BCUT2D eigenvalue weighted by Gasteiger charge is -2.07. The van der Waals surface area contributed by atoms with Crippen LogP contribution in [0.4, 0.5) is 10.8 Å². The van der Waals surface area contributed by atoms with Crippen LogP contribution >= 0.6 is 46.0 Å². The van der Waals surface area contributed by atoms with Gasteiger partial charge in [0, 0.05) is 35.9 Å². The molecule has 3 aromatic rings. The van der Waals surface area contributed by atoms with E-state index >= 15 is 0 Å². The van der Waals surface area contributed by atoms with Gasteiger partial charge in [0.05, 0.1) is 12.1 Å². The fourth-order valence-electron chi connectivity index (χ4n) is 2.10. The molecule has 0 spiro atoms. The second-order valence-corrected chi connectivity index (χ2v) is 9.45. The van der Waals surface area contributed by atoms with Crippen LogP contribution in [0, 0.1) is 6.92 Å². The zero-order chi connectivity index (χ0) is 19.4. The number of likely N-dealkylation sites (N-methyl/N-ethyl adjacent to an activating group) is 1. The molecule has 2 aromatic heterocycles. The van der Waals surface area contributed by atoms with Gasteiger partial charge in [0.25, 0.3) is 0 Å². The maximum Gasteiger partial charge on any atom is 0.228 e. The number of aromatic nitrogens is 3. The Balaban J connectivity index is 1.56. The molecule has 142 valence electrons. The first kappa shape index (κ1) is 20.1. The van der Waals surface area contributed by atoms with Crippen molar-refractivity contribution in [2.24, 2.45) is 0 Å². The molecule has 0 fully saturated rings. The minimum atomic E-state index is 0.0553. The van der Waals surface area contributed by atoms with Crippen LogP contribution in [0.2, 0.25) is 5.02 Å². The number of thioether (sulfide) groups is 1. The van der Waals surface area contributed by atoms with E-state index in [0.29, 0.717) is 17.2 Å². The van der Waals surface area contributed by atoms with Crippen molar-refractivity contribution in [3.63, 3.8) is 0 Å². The molecular weight excluding hydrogens is 422 g/mol. The van der Waals surface area contributed by atoms with Crippen LogP contribution in [0.3, 0.4) is 0 Å². The van der Waals surface area contributed by atoms with E-state index in [1.165, 1.54) is 22.7 Å². The summed E-state index contributed by atoms with van der Waals surface area (Å²) in [5.74, 6) is 0.747. The molecule has 3 rings (SSSR count). The molecule has 27 heavy (non-hydrogen) atoms. The molecule has 0 bridgehead atoms. The SMILES string of the molecule is Cc1c(Cl)cccc1Nc1nnc(SCc2csc(CC(=O)N(C)C)n2)s1. The maximum absolute atomic E-state index is 11.8. The molecule has 0 unspecified atom stereocenters. The van der Waals surface area contributed by atoms with E-state index in [9.17, 15) is 4.79 Å². The Labute approximate surface area is 175 Å². The summed E-state index contributed by atoms with van der Waals surface area (Å²) >= 11 is 10.7. The number of carbonyl (C=O) groups is 1. The van der Waals surface area contributed by atoms with Crippen LogP contribution in [0.15, 0.2) is 27.9 Å². The van der Waals surface area contributed by atoms with E-state index in [2.05, 4.69) is 20.5 Å². The van der Waals surface area contributed by atoms with Crippen LogP contribution in [0.25, 0.3) is 0 Å². The number of nitrogens with one attached hydrogen (secondary N) is 1. The van der Waals surface area contributed by atoms with Gasteiger partial charge in [-0.1, -0.05) is 40.8 Å². The minimum Gasteiger partial charge on any atom is -0.348 e. The Kier molecular flexibility index (Phi) is 6.69. The lowest BCUT2D eigenvalue weighted by molar-refractivity contribution is -0.127. The van der Waals surface area contributed by atoms with Crippen LogP contribution < -0.4 is 5.32 Å². The summed E-state index contributed by atoms with van der Waals surface area (Å²) in [5.41, 5.74) is 2.85. The molecule has 0 saturated carbocycles. The van der Waals surface area contributed by atoms with Gasteiger partial charge in [-0.2, -0.15) is 0 Å². The molecule has 2 heterocycles. The highest BCUT2D eigenvalue weighted by molar-refractivity contribution is 8.00. The first-order chi connectivity index (χ1) is 12.9. The fraction of sp³-hybridized carbons (Fsp3) is 0.294. The van der Waals surface area contributed by atoms with E-state index in [1.54, 1.807) is 30.8 Å². The normalized spacial score (nSPS) is 10.8. The minimum absolute atomic E-state index is 0.0553. The molecule has 1 aromatic carbocycles. The molecule has 0 radical (unpaired) electrons. The summed E-state index contributed by atoms with van der Waals surface area (Å²) in [6, 6.07) is 5.72. The lowest BCUT2D eigenvalue weighted by atomic mass is 10.2. The Morgan fingerprint density at radius 2 is 2.15 bits per heavy atom. The zero-order valence-electron chi connectivity index (χ0n) is 15.0. The third kappa shape index (κ3) is 5.41. The second kappa shape index (κ2) is 9.01. The van der Waals surface area contributed by atoms with E-state index in [0.717, 1.165) is 31.4 Å². The molecule has 0 aliphatic rings. The van der Waals surface area contributed by atoms with Crippen molar-refractivity contribution >= 4 is 62.8 Å². The van der Waals surface area contributed by atoms with Gasteiger partial charge in [0.1, 0.15) is 5.01 Å². The van der Waals surface area contributed by atoms with Crippen molar-refractivity contribution in [1.29, 1.82) is 0 Å². The van der Waals surface area contributed by atoms with Gasteiger partial charge in [0.2, 0.25) is 11.0 Å². The van der Waals surface area contributed by atoms with Crippen molar-refractivity contribution < 1.29 is 4.79 Å². The Morgan fingerprint density at radius 1 is 1.33 bits per heavy atom. The molecule has 0 aliphatic carbocycles. The van der Waals surface area contributed by atoms with Crippen molar-refractivity contribution in [3.05, 3.63) is 44.9 Å². The third-order valence-corrected chi connectivity index (χ3v) is 6.97. The largest absolute Gasteiger partial charge is 0.348 e. The highest BCUT2D eigenvalue weighted by atomic mass is 35.5. The molecule has 6 nitrogen and oxygen atoms in total. The van der Waals surface area contributed by atoms with Gasteiger partial charge in [-0.05, 0) is 24.6 Å². The number of nitrogens with zero attached hydrogens (tertiary/aromatic N) is 4. The average molecular weight is 440 g/mol. The first-order valence-electron chi connectivity index (χ1n) is 8.04. The number of benzene rings is 1. The van der Waals surface area contributed by atoms with E-state index < -0.39 is 0 Å². The lowest BCUT2D eigenvalue weighted by Crippen LogP contribution is -2.23. The number of carbonyl (C=O) groups excluding carboxylic acids is 1. The number of anilines is 2. The van der Waals surface area contributed by atoms with Gasteiger partial charge in [0.15, 0.2) is 4.34 Å². The summed E-state index contributed by atoms with van der Waals surface area (Å²) < 4.78 is 0.857. The number of thiazole rings is 1. The molecule has 1 amide bonds. The third-order valence-electron chi connectivity index (χ3n) is 3.66. The highest BCUT2D eigenvalue weighted by Gasteiger charge is 2.12. The quantitative estimate of drug-likeness (QED) is 0.541. The van der Waals surface area contributed by atoms with Crippen LogP contribution in [-0.2, 0) is 17.0 Å². The predicted octanol–water partition coefficient (Wildman–Crippen LogP) is 4.62. The molecule has 0 aliphatic heterocycles. The van der Waals surface area contributed by atoms with Crippen LogP contribution in [-0.4, -0.2) is 40.1 Å². The summed E-state index contributed by atoms with van der Waals surface area (Å²) in [7, 11) is 3.50. The number of amides is 1. The van der Waals surface area contributed by atoms with Crippen molar-refractivity contribution in [3.8, 4) is 0 Å². The predicted molar refractivity (Wildman–Crippen MR) is 113 cm³/mol. The van der Waals surface area contributed by atoms with Gasteiger partial charge >= 0.3 is 0 Å². The average Bonchev–Trinajstić information content (AvgIpc) is 3.26. The molecule has 0 saturated heterocycles. The smallest absolute Gasteiger partial charge is 0.228 e. The Hall–Kier alpha value is -1.68. The van der Waals surface area contributed by atoms with Crippen molar-refractivity contribution in [1.82, 2.24) is 20.1 Å². The van der Waals surface area contributed by atoms with Crippen LogP contribution in [0.5, 0.6) is 0 Å². The molecule has 1 N–H and O–H groups in total. The second-order valence-electron chi connectivity index (χ2n) is 5.90. The van der Waals surface area contributed by atoms with Crippen molar-refractivity contribution in [2.75, 3.05) is 19.4 Å². The van der Waals surface area contributed by atoms with Gasteiger partial charge < -0.3 is 10.2 Å². The summed E-state index contributed by atoms with van der Waals surface area (Å²) in [6.45, 7) is 1.96. The highest BCUT2D eigenvalue weighted by Crippen LogP contribution is 2.32. The van der Waals surface area contributed by atoms with Crippen LogP contribution in [0.1, 0.15) is 16.3 Å². The summed E-state index contributed by atoms with van der Waals surface area (Å²) in [6.07, 6.45) is 0.341. The number of rotatable bonds is 7. The maximum atomic E-state index is 11.8. The van der Waals surface area contributed by atoms with E-state index in [1.807, 2.05) is 30.5 Å². The summed E-state index contributed by atoms with van der Waals surface area (Å²) in [5, 5.41) is 15.9.